The molecule has 2 heterocycles. The number of rotatable bonds is 4. The fraction of sp³-hybridized carbons (Fsp3) is 0.250. The highest BCUT2D eigenvalue weighted by atomic mass is 35.5. The lowest BCUT2D eigenvalue weighted by Gasteiger charge is -2.17. The molecule has 8 heteroatoms. The number of carbonyl (C=O) groups excluding carboxylic acids is 3. The molecule has 2 aliphatic heterocycles. The smallest absolute Gasteiger partial charge is 0.261 e. The van der Waals surface area contributed by atoms with Crippen LogP contribution in [0.15, 0.2) is 36.4 Å². The van der Waals surface area contributed by atoms with Crippen LogP contribution in [-0.2, 0) is 4.74 Å². The molecular formula is C20H16ClFN2O4. The van der Waals surface area contributed by atoms with Gasteiger partial charge in [-0.3, -0.25) is 19.3 Å². The van der Waals surface area contributed by atoms with Crippen molar-refractivity contribution in [2.45, 2.75) is 18.9 Å². The SMILES string of the molecule is O=C(Nc1ccc(F)cc1Cl)c1ccc2c(c1)C(=O)N(C[C@@H]1CCCO1)C2=O. The predicted octanol–water partition coefficient (Wildman–Crippen LogP) is 3.51. The van der Waals surface area contributed by atoms with Crippen LogP contribution in [0, 0.1) is 5.82 Å². The third kappa shape index (κ3) is 3.39. The lowest BCUT2D eigenvalue weighted by atomic mass is 10.1. The van der Waals surface area contributed by atoms with E-state index in [0.717, 1.165) is 18.9 Å². The van der Waals surface area contributed by atoms with Gasteiger partial charge in [0.1, 0.15) is 5.82 Å². The van der Waals surface area contributed by atoms with Gasteiger partial charge in [0.25, 0.3) is 17.7 Å². The third-order valence-corrected chi connectivity index (χ3v) is 5.14. The fourth-order valence-corrected chi connectivity index (χ4v) is 3.59. The summed E-state index contributed by atoms with van der Waals surface area (Å²) < 4.78 is 18.6. The summed E-state index contributed by atoms with van der Waals surface area (Å²) >= 11 is 5.93. The van der Waals surface area contributed by atoms with E-state index in [1.165, 1.54) is 35.2 Å². The van der Waals surface area contributed by atoms with Crippen molar-refractivity contribution in [3.05, 3.63) is 63.9 Å². The average molecular weight is 403 g/mol. The van der Waals surface area contributed by atoms with Crippen molar-refractivity contribution < 1.29 is 23.5 Å². The summed E-state index contributed by atoms with van der Waals surface area (Å²) in [7, 11) is 0. The molecule has 28 heavy (non-hydrogen) atoms. The summed E-state index contributed by atoms with van der Waals surface area (Å²) in [4.78, 5) is 38.9. The second-order valence-corrected chi connectivity index (χ2v) is 7.10. The molecule has 3 amide bonds. The predicted molar refractivity (Wildman–Crippen MR) is 100 cm³/mol. The van der Waals surface area contributed by atoms with E-state index in [-0.39, 0.29) is 46.0 Å². The van der Waals surface area contributed by atoms with Crippen LogP contribution < -0.4 is 5.32 Å². The van der Waals surface area contributed by atoms with Crippen molar-refractivity contribution in [3.63, 3.8) is 0 Å². The van der Waals surface area contributed by atoms with Crippen molar-refractivity contribution >= 4 is 35.0 Å². The van der Waals surface area contributed by atoms with E-state index in [4.69, 9.17) is 16.3 Å². The van der Waals surface area contributed by atoms with Gasteiger partial charge in [0.15, 0.2) is 0 Å². The zero-order valence-corrected chi connectivity index (χ0v) is 15.5. The number of carbonyl (C=O) groups is 3. The summed E-state index contributed by atoms with van der Waals surface area (Å²) in [6.07, 6.45) is 1.56. The summed E-state index contributed by atoms with van der Waals surface area (Å²) in [5, 5.41) is 2.63. The van der Waals surface area contributed by atoms with Crippen molar-refractivity contribution in [3.8, 4) is 0 Å². The van der Waals surface area contributed by atoms with Gasteiger partial charge in [0, 0.05) is 12.2 Å². The minimum absolute atomic E-state index is 0.0588. The lowest BCUT2D eigenvalue weighted by molar-refractivity contribution is 0.0475. The molecule has 0 radical (unpaired) electrons. The Balaban J connectivity index is 1.54. The molecule has 2 aromatic rings. The van der Waals surface area contributed by atoms with Crippen molar-refractivity contribution in [1.82, 2.24) is 4.90 Å². The molecule has 0 aliphatic carbocycles. The van der Waals surface area contributed by atoms with E-state index >= 15 is 0 Å². The van der Waals surface area contributed by atoms with Crippen molar-refractivity contribution in [2.75, 3.05) is 18.5 Å². The van der Waals surface area contributed by atoms with E-state index in [2.05, 4.69) is 5.32 Å². The van der Waals surface area contributed by atoms with Gasteiger partial charge >= 0.3 is 0 Å². The number of fused-ring (bicyclic) bond motifs is 1. The zero-order valence-electron chi connectivity index (χ0n) is 14.7. The third-order valence-electron chi connectivity index (χ3n) is 4.82. The van der Waals surface area contributed by atoms with Gasteiger partial charge < -0.3 is 10.1 Å². The topological polar surface area (TPSA) is 75.7 Å². The van der Waals surface area contributed by atoms with Crippen LogP contribution >= 0.6 is 11.6 Å². The van der Waals surface area contributed by atoms with E-state index in [1.54, 1.807) is 0 Å². The first-order valence-electron chi connectivity index (χ1n) is 8.82. The van der Waals surface area contributed by atoms with E-state index in [1.807, 2.05) is 0 Å². The second kappa shape index (κ2) is 7.33. The van der Waals surface area contributed by atoms with Crippen molar-refractivity contribution in [1.29, 1.82) is 0 Å². The molecule has 4 rings (SSSR count). The summed E-state index contributed by atoms with van der Waals surface area (Å²) in [5.41, 5.74) is 0.885. The molecule has 2 aliphatic rings. The maximum atomic E-state index is 13.1. The number of nitrogens with zero attached hydrogens (tertiary/aromatic N) is 1. The summed E-state index contributed by atoms with van der Waals surface area (Å²) in [6, 6.07) is 7.93. The maximum absolute atomic E-state index is 13.1. The molecule has 6 nitrogen and oxygen atoms in total. The van der Waals surface area contributed by atoms with Crippen LogP contribution in [0.3, 0.4) is 0 Å². The Labute approximate surface area is 165 Å². The summed E-state index contributed by atoms with van der Waals surface area (Å²) in [5.74, 6) is -1.86. The number of hydrogen-bond donors (Lipinski definition) is 1. The number of imide groups is 1. The van der Waals surface area contributed by atoms with E-state index in [9.17, 15) is 18.8 Å². The normalized spacial score (nSPS) is 18.5. The number of benzene rings is 2. The molecule has 1 atom stereocenters. The first-order chi connectivity index (χ1) is 13.4. The Morgan fingerprint density at radius 1 is 1.18 bits per heavy atom. The molecule has 1 N–H and O–H groups in total. The van der Waals surface area contributed by atoms with Crippen LogP contribution in [0.5, 0.6) is 0 Å². The number of nitrogens with one attached hydrogen (secondary N) is 1. The molecule has 0 unspecified atom stereocenters. The Kier molecular flexibility index (Phi) is 4.87. The van der Waals surface area contributed by atoms with Gasteiger partial charge in [-0.15, -0.1) is 0 Å². The van der Waals surface area contributed by atoms with E-state index in [0.29, 0.717) is 6.61 Å². The Bertz CT molecular complexity index is 988. The Morgan fingerprint density at radius 2 is 1.96 bits per heavy atom. The van der Waals surface area contributed by atoms with Gasteiger partial charge in [-0.05, 0) is 49.2 Å². The minimum Gasteiger partial charge on any atom is -0.376 e. The molecule has 144 valence electrons. The van der Waals surface area contributed by atoms with Crippen LogP contribution in [0.2, 0.25) is 5.02 Å². The molecule has 0 spiro atoms. The summed E-state index contributed by atoms with van der Waals surface area (Å²) in [6.45, 7) is 0.836. The molecule has 0 bridgehead atoms. The van der Waals surface area contributed by atoms with E-state index < -0.39 is 17.6 Å². The Hall–Kier alpha value is -2.77. The second-order valence-electron chi connectivity index (χ2n) is 6.69. The first kappa shape index (κ1) is 18.6. The molecular weight excluding hydrogens is 387 g/mol. The standard InChI is InChI=1S/C20H16ClFN2O4/c21-16-9-12(22)4-6-17(16)23-18(25)11-3-5-14-15(8-11)20(27)24(19(14)26)10-13-2-1-7-28-13/h3-6,8-9,13H,1-2,7,10H2,(H,23,25)/t13-/m0/s1. The molecule has 0 saturated carbocycles. The average Bonchev–Trinajstić information content (AvgIpc) is 3.27. The van der Waals surface area contributed by atoms with Gasteiger partial charge in [-0.25, -0.2) is 4.39 Å². The van der Waals surface area contributed by atoms with Gasteiger partial charge in [-0.2, -0.15) is 0 Å². The zero-order chi connectivity index (χ0) is 19.8. The minimum atomic E-state index is -0.519. The largest absolute Gasteiger partial charge is 0.376 e. The molecule has 0 aromatic heterocycles. The number of amides is 3. The highest BCUT2D eigenvalue weighted by Gasteiger charge is 2.37. The quantitative estimate of drug-likeness (QED) is 0.794. The fourth-order valence-electron chi connectivity index (χ4n) is 3.38. The van der Waals surface area contributed by atoms with Crippen molar-refractivity contribution in [2.24, 2.45) is 0 Å². The number of ether oxygens (including phenoxy) is 1. The molecule has 1 saturated heterocycles. The highest BCUT2D eigenvalue weighted by Crippen LogP contribution is 2.27. The van der Waals surface area contributed by atoms with Crippen LogP contribution in [-0.4, -0.2) is 41.9 Å². The first-order valence-corrected chi connectivity index (χ1v) is 9.20. The number of hydrogen-bond acceptors (Lipinski definition) is 4. The van der Waals surface area contributed by atoms with Gasteiger partial charge in [0.2, 0.25) is 0 Å². The number of halogens is 2. The maximum Gasteiger partial charge on any atom is 0.261 e. The van der Waals surface area contributed by atoms with Crippen LogP contribution in [0.25, 0.3) is 0 Å². The molecule has 1 fully saturated rings. The molecule has 2 aromatic carbocycles. The van der Waals surface area contributed by atoms with Gasteiger partial charge in [-0.1, -0.05) is 11.6 Å². The highest BCUT2D eigenvalue weighted by molar-refractivity contribution is 6.34. The van der Waals surface area contributed by atoms with Crippen LogP contribution in [0.4, 0.5) is 10.1 Å². The number of anilines is 1. The van der Waals surface area contributed by atoms with Gasteiger partial charge in [0.05, 0.1) is 34.5 Å². The Morgan fingerprint density at radius 3 is 2.68 bits per heavy atom. The monoisotopic (exact) mass is 402 g/mol. The lowest BCUT2D eigenvalue weighted by Crippen LogP contribution is -2.36. The van der Waals surface area contributed by atoms with Crippen LogP contribution in [0.1, 0.15) is 43.9 Å².